The summed E-state index contributed by atoms with van der Waals surface area (Å²) in [6, 6.07) is 9.65. The Labute approximate surface area is 148 Å². The number of nitrogens with one attached hydrogen (secondary N) is 1. The van der Waals surface area contributed by atoms with Crippen LogP contribution in [0.25, 0.3) is 10.2 Å². The molecule has 2 heterocycles. The second-order valence-corrected chi connectivity index (χ2v) is 6.99. The Kier molecular flexibility index (Phi) is 5.66. The van der Waals surface area contributed by atoms with Crippen molar-refractivity contribution in [1.29, 1.82) is 0 Å². The lowest BCUT2D eigenvalue weighted by Gasteiger charge is -2.02. The number of thioether (sulfide) groups is 1. The number of benzene rings is 1. The fourth-order valence-electron chi connectivity index (χ4n) is 2.11. The predicted molar refractivity (Wildman–Crippen MR) is 99.8 cm³/mol. The minimum absolute atomic E-state index is 0.0434. The molecule has 1 amide bonds. The van der Waals surface area contributed by atoms with Crippen molar-refractivity contribution in [1.82, 2.24) is 9.97 Å². The number of hydrogen-bond donors (Lipinski definition) is 1. The summed E-state index contributed by atoms with van der Waals surface area (Å²) in [5.41, 5.74) is 2.02. The largest absolute Gasteiger partial charge is 0.494 e. The quantitative estimate of drug-likeness (QED) is 0.692. The van der Waals surface area contributed by atoms with E-state index in [1.54, 1.807) is 24.2 Å². The van der Waals surface area contributed by atoms with Crippen molar-refractivity contribution in [3.05, 3.63) is 48.3 Å². The van der Waals surface area contributed by atoms with Gasteiger partial charge in [0.2, 0.25) is 5.91 Å². The van der Waals surface area contributed by atoms with Crippen LogP contribution in [-0.4, -0.2) is 28.2 Å². The van der Waals surface area contributed by atoms with Crippen molar-refractivity contribution >= 4 is 44.4 Å². The second-order valence-electron chi connectivity index (χ2n) is 4.98. The zero-order valence-electron chi connectivity index (χ0n) is 13.2. The topological polar surface area (TPSA) is 64.1 Å². The van der Waals surface area contributed by atoms with Crippen LogP contribution < -0.4 is 10.1 Å². The van der Waals surface area contributed by atoms with Crippen molar-refractivity contribution in [2.24, 2.45) is 0 Å². The average molecular weight is 359 g/mol. The van der Waals surface area contributed by atoms with Gasteiger partial charge in [0.15, 0.2) is 5.13 Å². The third kappa shape index (κ3) is 4.46. The molecule has 3 rings (SSSR count). The lowest BCUT2D eigenvalue weighted by Crippen LogP contribution is -2.13. The van der Waals surface area contributed by atoms with Gasteiger partial charge in [0, 0.05) is 18.1 Å². The molecule has 0 saturated heterocycles. The highest BCUT2D eigenvalue weighted by Gasteiger charge is 2.09. The monoisotopic (exact) mass is 359 g/mol. The van der Waals surface area contributed by atoms with Crippen LogP contribution in [-0.2, 0) is 10.5 Å². The first kappa shape index (κ1) is 16.7. The van der Waals surface area contributed by atoms with Crippen LogP contribution in [0.1, 0.15) is 12.5 Å². The summed E-state index contributed by atoms with van der Waals surface area (Å²) in [6.07, 6.45) is 3.52. The van der Waals surface area contributed by atoms with Gasteiger partial charge in [-0.05, 0) is 42.8 Å². The molecule has 0 aliphatic rings. The van der Waals surface area contributed by atoms with E-state index in [1.165, 1.54) is 11.3 Å². The van der Waals surface area contributed by atoms with E-state index >= 15 is 0 Å². The molecular weight excluding hydrogens is 342 g/mol. The van der Waals surface area contributed by atoms with Crippen molar-refractivity contribution in [2.75, 3.05) is 17.7 Å². The van der Waals surface area contributed by atoms with E-state index in [0.29, 0.717) is 17.5 Å². The van der Waals surface area contributed by atoms with Gasteiger partial charge in [-0.2, -0.15) is 0 Å². The number of thiazole rings is 1. The summed E-state index contributed by atoms with van der Waals surface area (Å²) in [5, 5.41) is 3.48. The molecule has 0 atom stereocenters. The molecular formula is C17H17N3O2S2. The van der Waals surface area contributed by atoms with Gasteiger partial charge in [-0.15, -0.1) is 11.8 Å². The third-order valence-electron chi connectivity index (χ3n) is 3.17. The minimum atomic E-state index is -0.0434. The van der Waals surface area contributed by atoms with E-state index in [1.807, 2.05) is 37.3 Å². The molecule has 24 heavy (non-hydrogen) atoms. The van der Waals surface area contributed by atoms with Gasteiger partial charge in [0.25, 0.3) is 0 Å². The number of hydrogen-bond acceptors (Lipinski definition) is 6. The maximum Gasteiger partial charge on any atom is 0.236 e. The molecule has 1 N–H and O–H groups in total. The highest BCUT2D eigenvalue weighted by molar-refractivity contribution is 7.99. The number of amides is 1. The number of nitrogens with zero attached hydrogens (tertiary/aromatic N) is 2. The first-order valence-corrected chi connectivity index (χ1v) is 9.51. The van der Waals surface area contributed by atoms with Crippen LogP contribution in [0.3, 0.4) is 0 Å². The highest BCUT2D eigenvalue weighted by atomic mass is 32.2. The maximum absolute atomic E-state index is 12.0. The van der Waals surface area contributed by atoms with Crippen molar-refractivity contribution in [3.8, 4) is 5.75 Å². The number of carbonyl (C=O) groups is 1. The molecule has 1 aromatic carbocycles. The number of fused-ring (bicyclic) bond motifs is 1. The number of anilines is 1. The zero-order chi connectivity index (χ0) is 16.8. The van der Waals surface area contributed by atoms with Gasteiger partial charge in [-0.25, -0.2) is 4.98 Å². The van der Waals surface area contributed by atoms with Crippen LogP contribution in [0.5, 0.6) is 5.75 Å². The van der Waals surface area contributed by atoms with Gasteiger partial charge < -0.3 is 10.1 Å². The average Bonchev–Trinajstić information content (AvgIpc) is 2.97. The Bertz CT molecular complexity index is 821. The molecule has 0 fully saturated rings. The molecule has 0 aliphatic carbocycles. The predicted octanol–water partition coefficient (Wildman–Crippen LogP) is 3.96. The summed E-state index contributed by atoms with van der Waals surface area (Å²) < 4.78 is 6.48. The first-order valence-electron chi connectivity index (χ1n) is 7.54. The van der Waals surface area contributed by atoms with Crippen LogP contribution in [0, 0.1) is 0 Å². The van der Waals surface area contributed by atoms with E-state index in [2.05, 4.69) is 15.3 Å². The summed E-state index contributed by atoms with van der Waals surface area (Å²) in [4.78, 5) is 20.5. The molecule has 0 unspecified atom stereocenters. The summed E-state index contributed by atoms with van der Waals surface area (Å²) in [6.45, 7) is 2.58. The molecule has 0 radical (unpaired) electrons. The Morgan fingerprint density at radius 2 is 2.12 bits per heavy atom. The number of carbonyl (C=O) groups excluding carboxylic acids is 1. The highest BCUT2D eigenvalue weighted by Crippen LogP contribution is 2.29. The lowest BCUT2D eigenvalue weighted by molar-refractivity contribution is -0.113. The zero-order valence-corrected chi connectivity index (χ0v) is 14.8. The number of rotatable bonds is 7. The smallest absolute Gasteiger partial charge is 0.236 e. The number of pyridine rings is 1. The van der Waals surface area contributed by atoms with Crippen LogP contribution in [0.2, 0.25) is 0 Å². The summed E-state index contributed by atoms with van der Waals surface area (Å²) in [5.74, 6) is 1.95. The van der Waals surface area contributed by atoms with Crippen LogP contribution in [0.15, 0.2) is 42.7 Å². The Morgan fingerprint density at radius 1 is 1.29 bits per heavy atom. The molecule has 0 saturated carbocycles. The summed E-state index contributed by atoms with van der Waals surface area (Å²) >= 11 is 3.02. The van der Waals surface area contributed by atoms with E-state index < -0.39 is 0 Å². The van der Waals surface area contributed by atoms with Gasteiger partial charge in [-0.1, -0.05) is 11.3 Å². The fraction of sp³-hybridized carbons (Fsp3) is 0.235. The molecule has 2 aromatic heterocycles. The first-order chi connectivity index (χ1) is 11.7. The van der Waals surface area contributed by atoms with E-state index in [4.69, 9.17) is 4.74 Å². The van der Waals surface area contributed by atoms with Crippen LogP contribution >= 0.6 is 23.1 Å². The third-order valence-corrected chi connectivity index (χ3v) is 5.11. The lowest BCUT2D eigenvalue weighted by atomic mass is 10.3. The second kappa shape index (κ2) is 8.12. The molecule has 3 aromatic rings. The normalized spacial score (nSPS) is 10.7. The van der Waals surface area contributed by atoms with Gasteiger partial charge in [0.1, 0.15) is 5.75 Å². The van der Waals surface area contributed by atoms with Crippen molar-refractivity contribution in [3.63, 3.8) is 0 Å². The Balaban J connectivity index is 1.55. The maximum atomic E-state index is 12.0. The molecule has 0 bridgehead atoms. The molecule has 124 valence electrons. The van der Waals surface area contributed by atoms with Gasteiger partial charge in [-0.3, -0.25) is 9.78 Å². The van der Waals surface area contributed by atoms with Crippen molar-refractivity contribution in [2.45, 2.75) is 12.7 Å². The van der Waals surface area contributed by atoms with Crippen molar-refractivity contribution < 1.29 is 9.53 Å². The molecule has 0 aliphatic heterocycles. The Morgan fingerprint density at radius 3 is 2.92 bits per heavy atom. The standard InChI is InChI=1S/C17H17N3O2S2/c1-2-22-13-3-4-14-15(9-13)24-17(19-14)20-16(21)11-23-10-12-5-7-18-8-6-12/h3-9H,2,10-11H2,1H3,(H,19,20,21). The molecule has 7 heteroatoms. The van der Waals surface area contributed by atoms with Gasteiger partial charge >= 0.3 is 0 Å². The number of ether oxygens (including phenoxy) is 1. The van der Waals surface area contributed by atoms with E-state index in [-0.39, 0.29) is 5.91 Å². The summed E-state index contributed by atoms with van der Waals surface area (Å²) in [7, 11) is 0. The number of aromatic nitrogens is 2. The van der Waals surface area contributed by atoms with E-state index in [0.717, 1.165) is 27.3 Å². The molecule has 5 nitrogen and oxygen atoms in total. The Hall–Kier alpha value is -2.12. The molecule has 0 spiro atoms. The van der Waals surface area contributed by atoms with E-state index in [9.17, 15) is 4.79 Å². The van der Waals surface area contributed by atoms with Crippen LogP contribution in [0.4, 0.5) is 5.13 Å². The fourth-order valence-corrected chi connectivity index (χ4v) is 3.81. The van der Waals surface area contributed by atoms with Gasteiger partial charge in [0.05, 0.1) is 22.6 Å². The SMILES string of the molecule is CCOc1ccc2nc(NC(=O)CSCc3ccncc3)sc2c1. The minimum Gasteiger partial charge on any atom is -0.494 e.